The second-order valence-electron chi connectivity index (χ2n) is 6.41. The highest BCUT2D eigenvalue weighted by molar-refractivity contribution is 14.0. The van der Waals surface area contributed by atoms with Crippen LogP contribution in [0.5, 0.6) is 0 Å². The van der Waals surface area contributed by atoms with Gasteiger partial charge in [-0.3, -0.25) is 0 Å². The third-order valence-electron chi connectivity index (χ3n) is 4.08. The van der Waals surface area contributed by atoms with Gasteiger partial charge in [-0.2, -0.15) is 0 Å². The van der Waals surface area contributed by atoms with Gasteiger partial charge < -0.3 is 10.2 Å². The minimum Gasteiger partial charge on any atom is -0.357 e. The molecule has 0 atom stereocenters. The number of rotatable bonds is 3. The normalized spacial score (nSPS) is 19.2. The molecule has 1 heterocycles. The van der Waals surface area contributed by atoms with Crippen LogP contribution in [0.25, 0.3) is 0 Å². The van der Waals surface area contributed by atoms with Crippen molar-refractivity contribution in [1.29, 1.82) is 0 Å². The molecule has 1 saturated heterocycles. The molecule has 0 saturated carbocycles. The zero-order chi connectivity index (χ0) is 18.0. The van der Waals surface area contributed by atoms with Crippen molar-refractivity contribution < 1.29 is 12.8 Å². The number of nitrogens with one attached hydrogen (secondary N) is 1. The molecular formula is C16H24BrFIN3O2S. The van der Waals surface area contributed by atoms with Crippen LogP contribution in [-0.4, -0.2) is 49.4 Å². The summed E-state index contributed by atoms with van der Waals surface area (Å²) in [5.74, 6) is 0.398. The molecule has 0 amide bonds. The molecule has 9 heteroatoms. The topological polar surface area (TPSA) is 61.8 Å². The van der Waals surface area contributed by atoms with E-state index in [2.05, 4.69) is 26.2 Å². The molecule has 1 aliphatic rings. The molecule has 1 aromatic rings. The van der Waals surface area contributed by atoms with Crippen LogP contribution in [0.15, 0.2) is 27.7 Å². The number of sulfone groups is 1. The van der Waals surface area contributed by atoms with Gasteiger partial charge >= 0.3 is 0 Å². The van der Waals surface area contributed by atoms with Crippen molar-refractivity contribution in [3.63, 3.8) is 0 Å². The Kier molecular flexibility index (Phi) is 8.13. The summed E-state index contributed by atoms with van der Waals surface area (Å²) in [6.45, 7) is 7.00. The minimum absolute atomic E-state index is 0. The van der Waals surface area contributed by atoms with Gasteiger partial charge in [-0.25, -0.2) is 17.8 Å². The van der Waals surface area contributed by atoms with Crippen LogP contribution in [0.1, 0.15) is 26.3 Å². The zero-order valence-electron chi connectivity index (χ0n) is 14.6. The van der Waals surface area contributed by atoms with Crippen molar-refractivity contribution in [3.05, 3.63) is 34.1 Å². The first-order valence-electron chi connectivity index (χ1n) is 7.86. The first-order chi connectivity index (χ1) is 11.2. The van der Waals surface area contributed by atoms with E-state index >= 15 is 0 Å². The number of nitrogens with zero attached hydrogens (tertiary/aromatic N) is 2. The third kappa shape index (κ3) is 5.53. The molecule has 0 aromatic heterocycles. The van der Waals surface area contributed by atoms with Crippen molar-refractivity contribution in [1.82, 2.24) is 10.2 Å². The summed E-state index contributed by atoms with van der Waals surface area (Å²) in [7, 11) is -3.11. The summed E-state index contributed by atoms with van der Waals surface area (Å²) < 4.78 is 38.1. The van der Waals surface area contributed by atoms with Gasteiger partial charge in [0.1, 0.15) is 5.82 Å². The van der Waals surface area contributed by atoms with E-state index in [4.69, 9.17) is 0 Å². The Bertz CT molecular complexity index is 741. The second kappa shape index (κ2) is 8.98. The molecular weight excluding hydrogens is 524 g/mol. The maximum atomic E-state index is 13.9. The molecule has 25 heavy (non-hydrogen) atoms. The molecule has 1 aromatic carbocycles. The predicted octanol–water partition coefficient (Wildman–Crippen LogP) is 3.18. The summed E-state index contributed by atoms with van der Waals surface area (Å²) in [4.78, 5) is 6.43. The zero-order valence-corrected chi connectivity index (χ0v) is 19.3. The fourth-order valence-electron chi connectivity index (χ4n) is 2.57. The average Bonchev–Trinajstić information content (AvgIpc) is 2.49. The van der Waals surface area contributed by atoms with Crippen LogP contribution < -0.4 is 5.32 Å². The lowest BCUT2D eigenvalue weighted by Gasteiger charge is -2.39. The van der Waals surface area contributed by atoms with Crippen molar-refractivity contribution in [3.8, 4) is 0 Å². The Morgan fingerprint density at radius 1 is 1.44 bits per heavy atom. The van der Waals surface area contributed by atoms with Gasteiger partial charge in [-0.1, -0.05) is 15.9 Å². The van der Waals surface area contributed by atoms with Crippen molar-refractivity contribution in [2.24, 2.45) is 4.99 Å². The highest BCUT2D eigenvalue weighted by atomic mass is 127. The largest absolute Gasteiger partial charge is 0.357 e. The Labute approximate surface area is 174 Å². The van der Waals surface area contributed by atoms with E-state index in [0.717, 1.165) is 4.47 Å². The summed E-state index contributed by atoms with van der Waals surface area (Å²) in [6.07, 6.45) is 0. The standard InChI is InChI=1S/C16H23BrFN3O2S.HI/c1-4-19-15(20-10-12-9-13(17)5-6-14(12)18)21-7-8-24(22,23)16(2,3)11-21;/h5-6,9H,4,7-8,10-11H2,1-3H3,(H,19,20);1H. The monoisotopic (exact) mass is 547 g/mol. The molecule has 0 spiro atoms. The molecule has 0 bridgehead atoms. The quantitative estimate of drug-likeness (QED) is 0.359. The van der Waals surface area contributed by atoms with E-state index < -0.39 is 14.6 Å². The highest BCUT2D eigenvalue weighted by Gasteiger charge is 2.40. The smallest absolute Gasteiger partial charge is 0.194 e. The van der Waals surface area contributed by atoms with Crippen molar-refractivity contribution >= 4 is 55.7 Å². The molecule has 0 radical (unpaired) electrons. The van der Waals surface area contributed by atoms with Gasteiger partial charge in [0.2, 0.25) is 0 Å². The predicted molar refractivity (Wildman–Crippen MR) is 114 cm³/mol. The SMILES string of the molecule is CCNC(=NCc1cc(Br)ccc1F)N1CCS(=O)(=O)C(C)(C)C1.I. The average molecular weight is 548 g/mol. The number of benzene rings is 1. The van der Waals surface area contributed by atoms with Gasteiger partial charge in [-0.05, 0) is 39.0 Å². The van der Waals surface area contributed by atoms with E-state index in [-0.39, 0.29) is 42.1 Å². The van der Waals surface area contributed by atoms with E-state index in [1.54, 1.807) is 26.0 Å². The summed E-state index contributed by atoms with van der Waals surface area (Å²) in [6, 6.07) is 4.75. The lowest BCUT2D eigenvalue weighted by atomic mass is 10.2. The lowest BCUT2D eigenvalue weighted by Crippen LogP contribution is -2.57. The maximum absolute atomic E-state index is 13.9. The fourth-order valence-corrected chi connectivity index (χ4v) is 4.35. The minimum atomic E-state index is -3.11. The molecule has 1 aliphatic heterocycles. The number of hydrogen-bond acceptors (Lipinski definition) is 3. The molecule has 5 nitrogen and oxygen atoms in total. The molecule has 0 unspecified atom stereocenters. The molecule has 2 rings (SSSR count). The van der Waals surface area contributed by atoms with Crippen LogP contribution in [0, 0.1) is 5.82 Å². The van der Waals surface area contributed by atoms with E-state index in [1.165, 1.54) is 6.07 Å². The van der Waals surface area contributed by atoms with Crippen LogP contribution in [0.4, 0.5) is 4.39 Å². The van der Waals surface area contributed by atoms with Gasteiger partial charge in [0.25, 0.3) is 0 Å². The van der Waals surface area contributed by atoms with Gasteiger partial charge in [0.15, 0.2) is 15.8 Å². The Balaban J connectivity index is 0.00000312. The van der Waals surface area contributed by atoms with Gasteiger partial charge in [0, 0.05) is 29.7 Å². The fraction of sp³-hybridized carbons (Fsp3) is 0.562. The van der Waals surface area contributed by atoms with Crippen LogP contribution in [0.3, 0.4) is 0 Å². The summed E-state index contributed by atoms with van der Waals surface area (Å²) in [5.41, 5.74) is 0.490. The Hall–Kier alpha value is -0.420. The number of hydrogen-bond donors (Lipinski definition) is 1. The first-order valence-corrected chi connectivity index (χ1v) is 10.3. The number of aliphatic imine (C=N–C) groups is 1. The van der Waals surface area contributed by atoms with Crippen LogP contribution >= 0.6 is 39.9 Å². The molecule has 1 N–H and O–H groups in total. The molecule has 0 aliphatic carbocycles. The molecule has 1 fully saturated rings. The summed E-state index contributed by atoms with van der Waals surface area (Å²) >= 11 is 3.33. The molecule has 142 valence electrons. The van der Waals surface area contributed by atoms with Crippen LogP contribution in [0.2, 0.25) is 0 Å². The third-order valence-corrected chi connectivity index (χ3v) is 7.11. The van der Waals surface area contributed by atoms with Crippen molar-refractivity contribution in [2.45, 2.75) is 32.1 Å². The summed E-state index contributed by atoms with van der Waals surface area (Å²) in [5, 5.41) is 3.17. The number of halogens is 3. The highest BCUT2D eigenvalue weighted by Crippen LogP contribution is 2.24. The maximum Gasteiger partial charge on any atom is 0.194 e. The van der Waals surface area contributed by atoms with Crippen molar-refractivity contribution in [2.75, 3.05) is 25.4 Å². The van der Waals surface area contributed by atoms with Gasteiger partial charge in [-0.15, -0.1) is 24.0 Å². The first kappa shape index (κ1) is 22.6. The number of guanidine groups is 1. The second-order valence-corrected chi connectivity index (χ2v) is 10.1. The Morgan fingerprint density at radius 2 is 2.12 bits per heavy atom. The van der Waals surface area contributed by atoms with E-state index in [9.17, 15) is 12.8 Å². The van der Waals surface area contributed by atoms with E-state index in [1.807, 2.05) is 11.8 Å². The van der Waals surface area contributed by atoms with Crippen LogP contribution in [-0.2, 0) is 16.4 Å². The Morgan fingerprint density at radius 3 is 2.72 bits per heavy atom. The van der Waals surface area contributed by atoms with Gasteiger partial charge in [0.05, 0.1) is 17.0 Å². The van der Waals surface area contributed by atoms with E-state index in [0.29, 0.717) is 31.2 Å². The lowest BCUT2D eigenvalue weighted by molar-refractivity contribution is 0.353.